The van der Waals surface area contributed by atoms with Crippen molar-refractivity contribution in [3.05, 3.63) is 33.5 Å². The van der Waals surface area contributed by atoms with Crippen LogP contribution >= 0.6 is 22.9 Å². The standard InChI is InChI=1S/C20H30ClN5OS/c1-15(11-26-12-16(21)10-22-26)18(27)25-7-5-6-24(8-9-25)13-17-14-28-19(23-17)20(2,3)4/h10,12,14-15H,5-9,11,13H2,1-4H3. The highest BCUT2D eigenvalue weighted by atomic mass is 35.5. The molecule has 1 unspecified atom stereocenters. The van der Waals surface area contributed by atoms with Gasteiger partial charge in [-0.05, 0) is 6.42 Å². The van der Waals surface area contributed by atoms with Crippen LogP contribution in [0.2, 0.25) is 5.02 Å². The first-order valence-electron chi connectivity index (χ1n) is 9.86. The highest BCUT2D eigenvalue weighted by Crippen LogP contribution is 2.26. The van der Waals surface area contributed by atoms with Gasteiger partial charge in [0.1, 0.15) is 0 Å². The molecule has 3 rings (SSSR count). The van der Waals surface area contributed by atoms with Crippen molar-refractivity contribution >= 4 is 28.8 Å². The van der Waals surface area contributed by atoms with E-state index in [1.165, 1.54) is 5.01 Å². The molecule has 1 fully saturated rings. The lowest BCUT2D eigenvalue weighted by atomic mass is 9.98. The lowest BCUT2D eigenvalue weighted by Gasteiger charge is -2.24. The van der Waals surface area contributed by atoms with Crippen LogP contribution in [0.3, 0.4) is 0 Å². The summed E-state index contributed by atoms with van der Waals surface area (Å²) in [5.74, 6) is 0.0764. The zero-order valence-electron chi connectivity index (χ0n) is 17.2. The second-order valence-corrected chi connectivity index (χ2v) is 9.93. The molecule has 154 valence electrons. The Labute approximate surface area is 176 Å². The molecule has 0 N–H and O–H groups in total. The minimum Gasteiger partial charge on any atom is -0.341 e. The lowest BCUT2D eigenvalue weighted by Crippen LogP contribution is -2.39. The maximum absolute atomic E-state index is 12.9. The molecule has 1 atom stereocenters. The van der Waals surface area contributed by atoms with E-state index >= 15 is 0 Å². The van der Waals surface area contributed by atoms with Crippen LogP contribution in [0, 0.1) is 5.92 Å². The first kappa shape index (κ1) is 21.3. The van der Waals surface area contributed by atoms with Gasteiger partial charge in [0.2, 0.25) is 5.91 Å². The number of nitrogens with zero attached hydrogens (tertiary/aromatic N) is 5. The van der Waals surface area contributed by atoms with Gasteiger partial charge in [-0.3, -0.25) is 14.4 Å². The van der Waals surface area contributed by atoms with Gasteiger partial charge >= 0.3 is 0 Å². The van der Waals surface area contributed by atoms with Crippen LogP contribution in [-0.2, 0) is 23.3 Å². The Morgan fingerprint density at radius 2 is 2.07 bits per heavy atom. The van der Waals surface area contributed by atoms with Gasteiger partial charge in [0.15, 0.2) is 0 Å². The number of hydrogen-bond donors (Lipinski definition) is 0. The fraction of sp³-hybridized carbons (Fsp3) is 0.650. The molecule has 0 bridgehead atoms. The number of carbonyl (C=O) groups is 1. The lowest BCUT2D eigenvalue weighted by molar-refractivity contribution is -0.135. The number of thiazole rings is 1. The van der Waals surface area contributed by atoms with Crippen LogP contribution in [0.1, 0.15) is 44.8 Å². The van der Waals surface area contributed by atoms with Crippen molar-refractivity contribution in [2.45, 2.75) is 52.6 Å². The zero-order valence-corrected chi connectivity index (χ0v) is 18.8. The van der Waals surface area contributed by atoms with E-state index in [4.69, 9.17) is 16.6 Å². The van der Waals surface area contributed by atoms with Gasteiger partial charge in [-0.2, -0.15) is 5.10 Å². The molecule has 28 heavy (non-hydrogen) atoms. The third kappa shape index (κ3) is 5.55. The van der Waals surface area contributed by atoms with Gasteiger partial charge in [-0.25, -0.2) is 4.98 Å². The second kappa shape index (κ2) is 8.93. The molecule has 1 amide bonds. The van der Waals surface area contributed by atoms with E-state index in [9.17, 15) is 4.79 Å². The fourth-order valence-electron chi connectivity index (χ4n) is 3.41. The summed E-state index contributed by atoms with van der Waals surface area (Å²) in [6.45, 7) is 13.4. The van der Waals surface area contributed by atoms with Gasteiger partial charge in [-0.1, -0.05) is 39.3 Å². The molecular formula is C20H30ClN5OS. The monoisotopic (exact) mass is 423 g/mol. The molecule has 0 aromatic carbocycles. The van der Waals surface area contributed by atoms with Crippen LogP contribution in [0.15, 0.2) is 17.8 Å². The molecule has 0 aliphatic carbocycles. The second-order valence-electron chi connectivity index (χ2n) is 8.63. The Kier molecular flexibility index (Phi) is 6.78. The van der Waals surface area contributed by atoms with Crippen molar-refractivity contribution < 1.29 is 4.79 Å². The van der Waals surface area contributed by atoms with Crippen molar-refractivity contribution in [1.82, 2.24) is 24.6 Å². The summed E-state index contributed by atoms with van der Waals surface area (Å²) in [7, 11) is 0. The van der Waals surface area contributed by atoms with Gasteiger partial charge in [0.05, 0.1) is 34.4 Å². The maximum Gasteiger partial charge on any atom is 0.227 e. The quantitative estimate of drug-likeness (QED) is 0.736. The molecule has 1 saturated heterocycles. The van der Waals surface area contributed by atoms with E-state index in [2.05, 4.69) is 36.1 Å². The van der Waals surface area contributed by atoms with E-state index in [1.54, 1.807) is 28.4 Å². The molecule has 8 heteroatoms. The van der Waals surface area contributed by atoms with Crippen LogP contribution < -0.4 is 0 Å². The van der Waals surface area contributed by atoms with Crippen LogP contribution in [-0.4, -0.2) is 56.7 Å². The zero-order chi connectivity index (χ0) is 20.3. The SMILES string of the molecule is CC(Cn1cc(Cl)cn1)C(=O)N1CCCN(Cc2csc(C(C)(C)C)n2)CC1. The predicted octanol–water partition coefficient (Wildman–Crippen LogP) is 3.66. The maximum atomic E-state index is 12.9. The van der Waals surface area contributed by atoms with E-state index < -0.39 is 0 Å². The smallest absolute Gasteiger partial charge is 0.227 e. The summed E-state index contributed by atoms with van der Waals surface area (Å²) < 4.78 is 1.74. The molecular weight excluding hydrogens is 394 g/mol. The molecule has 1 aliphatic rings. The van der Waals surface area contributed by atoms with E-state index in [0.717, 1.165) is 44.8 Å². The number of aromatic nitrogens is 3. The Morgan fingerprint density at radius 1 is 1.29 bits per heavy atom. The Balaban J connectivity index is 1.52. The molecule has 2 aromatic heterocycles. The summed E-state index contributed by atoms with van der Waals surface area (Å²) in [5.41, 5.74) is 1.23. The van der Waals surface area contributed by atoms with Crippen molar-refractivity contribution in [1.29, 1.82) is 0 Å². The summed E-state index contributed by atoms with van der Waals surface area (Å²) in [6.07, 6.45) is 4.35. The summed E-state index contributed by atoms with van der Waals surface area (Å²) in [5, 5.41) is 8.13. The minimum absolute atomic E-state index is 0.0971. The average Bonchev–Trinajstić information content (AvgIpc) is 3.18. The largest absolute Gasteiger partial charge is 0.341 e. The molecule has 0 saturated carbocycles. The highest BCUT2D eigenvalue weighted by molar-refractivity contribution is 7.09. The van der Waals surface area contributed by atoms with Crippen LogP contribution in [0.5, 0.6) is 0 Å². The third-order valence-electron chi connectivity index (χ3n) is 4.96. The molecule has 6 nitrogen and oxygen atoms in total. The molecule has 0 radical (unpaired) electrons. The van der Waals surface area contributed by atoms with E-state index in [-0.39, 0.29) is 17.2 Å². The molecule has 2 aromatic rings. The van der Waals surface area contributed by atoms with Crippen LogP contribution in [0.4, 0.5) is 0 Å². The predicted molar refractivity (Wildman–Crippen MR) is 114 cm³/mol. The van der Waals surface area contributed by atoms with Gasteiger partial charge in [0, 0.05) is 49.7 Å². The van der Waals surface area contributed by atoms with Crippen molar-refractivity contribution in [2.24, 2.45) is 5.92 Å². The molecule has 0 spiro atoms. The Morgan fingerprint density at radius 3 is 2.71 bits per heavy atom. The van der Waals surface area contributed by atoms with Crippen LogP contribution in [0.25, 0.3) is 0 Å². The minimum atomic E-state index is -0.115. The van der Waals surface area contributed by atoms with Gasteiger partial charge in [-0.15, -0.1) is 11.3 Å². The fourth-order valence-corrected chi connectivity index (χ4v) is 4.47. The first-order chi connectivity index (χ1) is 13.2. The normalized spacial score (nSPS) is 17.5. The summed E-state index contributed by atoms with van der Waals surface area (Å²) in [6, 6.07) is 0. The Hall–Kier alpha value is -1.44. The van der Waals surface area contributed by atoms with E-state index in [0.29, 0.717) is 11.6 Å². The number of halogens is 1. The summed E-state index contributed by atoms with van der Waals surface area (Å²) in [4.78, 5) is 22.1. The molecule has 1 aliphatic heterocycles. The number of carbonyl (C=O) groups excluding carboxylic acids is 1. The summed E-state index contributed by atoms with van der Waals surface area (Å²) >= 11 is 7.66. The number of hydrogen-bond acceptors (Lipinski definition) is 5. The van der Waals surface area contributed by atoms with Gasteiger partial charge < -0.3 is 4.90 Å². The number of amides is 1. The van der Waals surface area contributed by atoms with Crippen molar-refractivity contribution in [3.8, 4) is 0 Å². The average molecular weight is 424 g/mol. The van der Waals surface area contributed by atoms with Crippen molar-refractivity contribution in [2.75, 3.05) is 26.2 Å². The third-order valence-corrected chi connectivity index (χ3v) is 6.48. The molecule has 3 heterocycles. The van der Waals surface area contributed by atoms with E-state index in [1.807, 2.05) is 11.8 Å². The van der Waals surface area contributed by atoms with Gasteiger partial charge in [0.25, 0.3) is 0 Å². The topological polar surface area (TPSA) is 54.3 Å². The number of rotatable bonds is 5. The highest BCUT2D eigenvalue weighted by Gasteiger charge is 2.25. The Bertz CT molecular complexity index is 797. The first-order valence-corrected chi connectivity index (χ1v) is 11.1. The van der Waals surface area contributed by atoms with Crippen molar-refractivity contribution in [3.63, 3.8) is 0 Å².